The molecule has 12 heteroatoms. The molecule has 1 aromatic carbocycles. The van der Waals surface area contributed by atoms with Crippen LogP contribution in [0.1, 0.15) is 49.6 Å². The first kappa shape index (κ1) is 25.4. The van der Waals surface area contributed by atoms with Gasteiger partial charge in [0, 0.05) is 17.4 Å². The number of amides is 2. The fourth-order valence-corrected chi connectivity index (χ4v) is 4.12. The van der Waals surface area contributed by atoms with Crippen LogP contribution in [0.5, 0.6) is 0 Å². The SMILES string of the molecule is CC(C)(C)OC(=O)NC1=N[C@](C)(c2cc(NC(=O)c3ccc(F)cn3)ccc2F)Cn2cc(Br)nc21. The summed E-state index contributed by atoms with van der Waals surface area (Å²) >= 11 is 3.33. The second-order valence-corrected chi connectivity index (χ2v) is 10.2. The highest BCUT2D eigenvalue weighted by atomic mass is 79.9. The number of benzene rings is 1. The van der Waals surface area contributed by atoms with Gasteiger partial charge in [-0.3, -0.25) is 15.1 Å². The van der Waals surface area contributed by atoms with Crippen LogP contribution in [0, 0.1) is 11.6 Å². The van der Waals surface area contributed by atoms with Gasteiger partial charge in [-0.05, 0) is 74.0 Å². The van der Waals surface area contributed by atoms with Crippen LogP contribution >= 0.6 is 15.9 Å². The predicted molar refractivity (Wildman–Crippen MR) is 132 cm³/mol. The van der Waals surface area contributed by atoms with Crippen LogP contribution in [0.2, 0.25) is 0 Å². The summed E-state index contributed by atoms with van der Waals surface area (Å²) in [5, 5.41) is 5.25. The summed E-state index contributed by atoms with van der Waals surface area (Å²) in [6, 6.07) is 6.44. The summed E-state index contributed by atoms with van der Waals surface area (Å²) in [5.41, 5.74) is -1.46. The monoisotopic (exact) mass is 560 g/mol. The molecule has 2 N–H and O–H groups in total. The first-order chi connectivity index (χ1) is 16.8. The highest BCUT2D eigenvalue weighted by molar-refractivity contribution is 9.10. The van der Waals surface area contributed by atoms with Crippen molar-refractivity contribution in [1.29, 1.82) is 0 Å². The second-order valence-electron chi connectivity index (χ2n) is 9.39. The fourth-order valence-electron chi connectivity index (χ4n) is 3.71. The molecular formula is C24H23BrF2N6O3. The molecule has 2 amide bonds. The van der Waals surface area contributed by atoms with Crippen LogP contribution in [0.4, 0.5) is 19.3 Å². The molecule has 9 nitrogen and oxygen atoms in total. The molecular weight excluding hydrogens is 538 g/mol. The number of aliphatic imine (C=N–C) groups is 1. The quantitative estimate of drug-likeness (QED) is 0.479. The Balaban J connectivity index is 1.68. The van der Waals surface area contributed by atoms with E-state index < -0.39 is 34.8 Å². The number of carbonyl (C=O) groups is 2. The summed E-state index contributed by atoms with van der Waals surface area (Å²) in [5.74, 6) is -1.23. The van der Waals surface area contributed by atoms with Crippen molar-refractivity contribution in [3.63, 3.8) is 0 Å². The number of amidine groups is 1. The lowest BCUT2D eigenvalue weighted by atomic mass is 9.90. The van der Waals surface area contributed by atoms with E-state index in [-0.39, 0.29) is 23.6 Å². The molecule has 0 bridgehead atoms. The maximum Gasteiger partial charge on any atom is 0.413 e. The summed E-state index contributed by atoms with van der Waals surface area (Å²) < 4.78 is 35.8. The van der Waals surface area contributed by atoms with Gasteiger partial charge in [-0.15, -0.1) is 0 Å². The number of imidazole rings is 1. The number of carbonyl (C=O) groups excluding carboxylic acids is 2. The van der Waals surface area contributed by atoms with E-state index in [2.05, 4.69) is 41.5 Å². The number of anilines is 1. The Morgan fingerprint density at radius 1 is 1.17 bits per heavy atom. The van der Waals surface area contributed by atoms with E-state index in [1.807, 2.05) is 0 Å². The zero-order valence-electron chi connectivity index (χ0n) is 19.9. The van der Waals surface area contributed by atoms with Crippen LogP contribution in [0.25, 0.3) is 0 Å². The fraction of sp³-hybridized carbons (Fsp3) is 0.292. The molecule has 3 heterocycles. The first-order valence-electron chi connectivity index (χ1n) is 10.9. The molecule has 0 spiro atoms. The lowest BCUT2D eigenvalue weighted by Crippen LogP contribution is -2.43. The maximum atomic E-state index is 15.1. The van der Waals surface area contributed by atoms with Crippen molar-refractivity contribution in [2.75, 3.05) is 5.32 Å². The maximum absolute atomic E-state index is 15.1. The van der Waals surface area contributed by atoms with E-state index in [0.717, 1.165) is 12.3 Å². The van der Waals surface area contributed by atoms with Gasteiger partial charge in [0.05, 0.1) is 12.7 Å². The van der Waals surface area contributed by atoms with Crippen molar-refractivity contribution in [2.24, 2.45) is 4.99 Å². The van der Waals surface area contributed by atoms with Gasteiger partial charge in [-0.1, -0.05) is 0 Å². The van der Waals surface area contributed by atoms with Crippen molar-refractivity contribution in [2.45, 2.75) is 45.4 Å². The molecule has 36 heavy (non-hydrogen) atoms. The molecule has 2 aromatic heterocycles. The molecule has 1 aliphatic heterocycles. The standard InChI is InChI=1S/C24H23BrF2N6O3/c1-23(2,3)36-22(35)31-19-20-30-18(25)11-33(20)12-24(4,32-19)15-9-14(6-7-16(15)27)29-21(34)17-8-5-13(26)10-28-17/h5-11H,12H2,1-4H3,(H,29,34)(H,31,32,35)/t24-/m0/s1. The highest BCUT2D eigenvalue weighted by Gasteiger charge is 2.37. The number of hydrogen-bond donors (Lipinski definition) is 2. The Kier molecular flexibility index (Phi) is 6.65. The Morgan fingerprint density at radius 3 is 2.58 bits per heavy atom. The summed E-state index contributed by atoms with van der Waals surface area (Å²) in [7, 11) is 0. The molecule has 0 unspecified atom stereocenters. The highest BCUT2D eigenvalue weighted by Crippen LogP contribution is 2.35. The largest absolute Gasteiger partial charge is 0.444 e. The van der Waals surface area contributed by atoms with Gasteiger partial charge >= 0.3 is 6.09 Å². The minimum atomic E-state index is -1.18. The predicted octanol–water partition coefficient (Wildman–Crippen LogP) is 4.77. The third-order valence-corrected chi connectivity index (χ3v) is 5.56. The van der Waals surface area contributed by atoms with E-state index >= 15 is 4.39 Å². The Morgan fingerprint density at radius 2 is 1.92 bits per heavy atom. The number of aromatic nitrogens is 3. The van der Waals surface area contributed by atoms with Crippen molar-refractivity contribution in [3.05, 3.63) is 76.0 Å². The molecule has 188 valence electrons. The molecule has 0 radical (unpaired) electrons. The molecule has 0 fully saturated rings. The second kappa shape index (κ2) is 9.41. The van der Waals surface area contributed by atoms with E-state index in [9.17, 15) is 14.0 Å². The third-order valence-electron chi connectivity index (χ3n) is 5.18. The Labute approximate surface area is 214 Å². The van der Waals surface area contributed by atoms with Gasteiger partial charge < -0.3 is 14.6 Å². The van der Waals surface area contributed by atoms with E-state index in [1.54, 1.807) is 38.5 Å². The minimum Gasteiger partial charge on any atom is -0.444 e. The van der Waals surface area contributed by atoms with Gasteiger partial charge in [0.25, 0.3) is 5.91 Å². The van der Waals surface area contributed by atoms with Crippen LogP contribution < -0.4 is 10.6 Å². The number of hydrogen-bond acceptors (Lipinski definition) is 6. The average molecular weight is 561 g/mol. The minimum absolute atomic E-state index is 0.000860. The topological polar surface area (TPSA) is 110 Å². The van der Waals surface area contributed by atoms with Crippen LogP contribution in [0.3, 0.4) is 0 Å². The van der Waals surface area contributed by atoms with E-state index in [0.29, 0.717) is 16.1 Å². The van der Waals surface area contributed by atoms with Crippen molar-refractivity contribution >= 4 is 39.5 Å². The molecule has 4 rings (SSSR count). The molecule has 1 aliphatic rings. The van der Waals surface area contributed by atoms with Crippen molar-refractivity contribution < 1.29 is 23.1 Å². The Hall–Kier alpha value is -3.67. The molecule has 0 saturated heterocycles. The number of rotatable bonds is 3. The molecule has 0 saturated carbocycles. The zero-order chi connectivity index (χ0) is 26.3. The summed E-state index contributed by atoms with van der Waals surface area (Å²) in [6.45, 7) is 7.09. The van der Waals surface area contributed by atoms with Crippen LogP contribution in [-0.4, -0.2) is 38.0 Å². The normalized spacial score (nSPS) is 17.1. The summed E-state index contributed by atoms with van der Waals surface area (Å²) in [4.78, 5) is 37.8. The lowest BCUT2D eigenvalue weighted by Gasteiger charge is -2.32. The number of pyridine rings is 1. The van der Waals surface area contributed by atoms with Gasteiger partial charge in [-0.2, -0.15) is 0 Å². The number of halogens is 3. The van der Waals surface area contributed by atoms with Crippen molar-refractivity contribution in [1.82, 2.24) is 19.9 Å². The van der Waals surface area contributed by atoms with E-state index in [4.69, 9.17) is 4.74 Å². The van der Waals surface area contributed by atoms with E-state index in [1.165, 1.54) is 24.3 Å². The van der Waals surface area contributed by atoms with Crippen LogP contribution in [-0.2, 0) is 16.8 Å². The number of ether oxygens (including phenoxy) is 1. The third kappa shape index (κ3) is 5.59. The number of fused-ring (bicyclic) bond motifs is 1. The first-order valence-corrected chi connectivity index (χ1v) is 11.7. The molecule has 1 atom stereocenters. The number of nitrogens with one attached hydrogen (secondary N) is 2. The average Bonchev–Trinajstić information content (AvgIpc) is 3.14. The van der Waals surface area contributed by atoms with Gasteiger partial charge in [0.2, 0.25) is 0 Å². The lowest BCUT2D eigenvalue weighted by molar-refractivity contribution is 0.0562. The number of alkyl carbamates (subject to hydrolysis) is 1. The van der Waals surface area contributed by atoms with Gasteiger partial charge in [-0.25, -0.2) is 23.5 Å². The zero-order valence-corrected chi connectivity index (χ0v) is 21.5. The molecule has 0 aliphatic carbocycles. The molecule has 3 aromatic rings. The van der Waals surface area contributed by atoms with Crippen LogP contribution in [0.15, 0.2) is 52.3 Å². The van der Waals surface area contributed by atoms with Crippen molar-refractivity contribution in [3.8, 4) is 0 Å². The number of nitrogens with zero attached hydrogens (tertiary/aromatic N) is 4. The van der Waals surface area contributed by atoms with Gasteiger partial charge in [0.15, 0.2) is 11.7 Å². The summed E-state index contributed by atoms with van der Waals surface area (Å²) in [6.07, 6.45) is 1.90. The smallest absolute Gasteiger partial charge is 0.413 e. The van der Waals surface area contributed by atoms with Gasteiger partial charge in [0.1, 0.15) is 33.1 Å². The Bertz CT molecular complexity index is 1370.